The number of ether oxygens (including phenoxy) is 2. The third kappa shape index (κ3) is 5.77. The van der Waals surface area contributed by atoms with Crippen molar-refractivity contribution in [1.29, 1.82) is 0 Å². The first-order valence-corrected chi connectivity index (χ1v) is 9.65. The predicted octanol–water partition coefficient (Wildman–Crippen LogP) is 3.12. The maximum atomic E-state index is 14.1. The Morgan fingerprint density at radius 3 is 2.17 bits per heavy atom. The first-order chi connectivity index (χ1) is 14.2. The van der Waals surface area contributed by atoms with Crippen LogP contribution in [0.3, 0.4) is 0 Å². The maximum absolute atomic E-state index is 14.1. The van der Waals surface area contributed by atoms with Crippen molar-refractivity contribution in [3.8, 4) is 0 Å². The largest absolute Gasteiger partial charge is 0.468 e. The highest BCUT2D eigenvalue weighted by Gasteiger charge is 2.44. The molecule has 0 spiro atoms. The van der Waals surface area contributed by atoms with Crippen LogP contribution in [-0.4, -0.2) is 31.6 Å². The van der Waals surface area contributed by atoms with E-state index < -0.39 is 40.9 Å². The quantitative estimate of drug-likeness (QED) is 0.339. The van der Waals surface area contributed by atoms with Crippen molar-refractivity contribution in [3.63, 3.8) is 0 Å². The fraction of sp³-hybridized carbons (Fsp3) is 0.476. The summed E-state index contributed by atoms with van der Waals surface area (Å²) < 4.78 is 37.8. The Balaban J connectivity index is 3.26. The van der Waals surface area contributed by atoms with Gasteiger partial charge < -0.3 is 20.1 Å². The van der Waals surface area contributed by atoms with Crippen LogP contribution in [-0.2, 0) is 23.9 Å². The molecule has 0 aliphatic heterocycles. The zero-order valence-electron chi connectivity index (χ0n) is 17.8. The smallest absolute Gasteiger partial charge is 0.334 e. The molecule has 7 nitrogen and oxygen atoms in total. The SMILES string of the molecule is CCOC(=O)C=C(NC(=O)C(CC)(CC)C(=O)OC)N[C@@H](C)c1c(F)cccc1F. The zero-order valence-corrected chi connectivity index (χ0v) is 17.8. The van der Waals surface area contributed by atoms with E-state index in [1.54, 1.807) is 20.8 Å². The second-order valence-corrected chi connectivity index (χ2v) is 6.55. The summed E-state index contributed by atoms with van der Waals surface area (Å²) in [6.07, 6.45) is 1.24. The minimum absolute atomic E-state index is 0.0874. The molecule has 1 aromatic carbocycles. The van der Waals surface area contributed by atoms with Crippen LogP contribution in [0.2, 0.25) is 0 Å². The maximum Gasteiger partial charge on any atom is 0.334 e. The molecule has 1 amide bonds. The van der Waals surface area contributed by atoms with E-state index in [0.29, 0.717) is 0 Å². The number of carbonyl (C=O) groups excluding carboxylic acids is 3. The summed E-state index contributed by atoms with van der Waals surface area (Å²) in [6, 6.07) is 2.47. The molecule has 1 rings (SSSR count). The summed E-state index contributed by atoms with van der Waals surface area (Å²) >= 11 is 0. The number of methoxy groups -OCH3 is 1. The van der Waals surface area contributed by atoms with E-state index in [2.05, 4.69) is 10.6 Å². The molecule has 2 N–H and O–H groups in total. The molecule has 0 radical (unpaired) electrons. The normalized spacial score (nSPS) is 12.7. The molecule has 9 heteroatoms. The third-order valence-corrected chi connectivity index (χ3v) is 4.82. The number of esters is 2. The summed E-state index contributed by atoms with van der Waals surface area (Å²) in [5.74, 6) is -3.97. The topological polar surface area (TPSA) is 93.7 Å². The van der Waals surface area contributed by atoms with Crippen molar-refractivity contribution in [2.45, 2.75) is 46.6 Å². The van der Waals surface area contributed by atoms with Gasteiger partial charge in [0, 0.05) is 5.56 Å². The van der Waals surface area contributed by atoms with Crippen molar-refractivity contribution in [1.82, 2.24) is 10.6 Å². The predicted molar refractivity (Wildman–Crippen MR) is 106 cm³/mol. The van der Waals surface area contributed by atoms with Gasteiger partial charge in [0.2, 0.25) is 5.91 Å². The Morgan fingerprint density at radius 2 is 1.70 bits per heavy atom. The van der Waals surface area contributed by atoms with Crippen molar-refractivity contribution in [2.24, 2.45) is 5.41 Å². The van der Waals surface area contributed by atoms with Gasteiger partial charge in [0.05, 0.1) is 25.8 Å². The fourth-order valence-electron chi connectivity index (χ4n) is 3.04. The third-order valence-electron chi connectivity index (χ3n) is 4.82. The first-order valence-electron chi connectivity index (χ1n) is 9.65. The molecule has 0 heterocycles. The van der Waals surface area contributed by atoms with E-state index in [-0.39, 0.29) is 30.8 Å². The van der Waals surface area contributed by atoms with Crippen molar-refractivity contribution < 1.29 is 32.6 Å². The first kappa shape index (κ1) is 25.1. The Hall–Kier alpha value is -2.97. The monoisotopic (exact) mass is 426 g/mol. The molecule has 0 aliphatic carbocycles. The lowest BCUT2D eigenvalue weighted by molar-refractivity contribution is -0.159. The lowest BCUT2D eigenvalue weighted by Gasteiger charge is -2.28. The molecular weight excluding hydrogens is 398 g/mol. The highest BCUT2D eigenvalue weighted by Crippen LogP contribution is 2.29. The fourth-order valence-corrected chi connectivity index (χ4v) is 3.04. The molecule has 0 aliphatic rings. The van der Waals surface area contributed by atoms with Crippen molar-refractivity contribution >= 4 is 17.8 Å². The number of amides is 1. The van der Waals surface area contributed by atoms with Crippen molar-refractivity contribution in [2.75, 3.05) is 13.7 Å². The summed E-state index contributed by atoms with van der Waals surface area (Å²) in [5, 5.41) is 5.18. The van der Waals surface area contributed by atoms with Crippen LogP contribution in [0, 0.1) is 17.0 Å². The van der Waals surface area contributed by atoms with Crippen molar-refractivity contribution in [3.05, 3.63) is 47.3 Å². The molecule has 30 heavy (non-hydrogen) atoms. The van der Waals surface area contributed by atoms with Gasteiger partial charge in [0.15, 0.2) is 0 Å². The molecule has 1 atom stereocenters. The van der Waals surface area contributed by atoms with Gasteiger partial charge >= 0.3 is 11.9 Å². The molecule has 166 valence electrons. The van der Waals surface area contributed by atoms with Crippen LogP contribution in [0.5, 0.6) is 0 Å². The molecule has 0 unspecified atom stereocenters. The van der Waals surface area contributed by atoms with Crippen LogP contribution in [0.15, 0.2) is 30.1 Å². The number of rotatable bonds is 10. The molecular formula is C21H28F2N2O5. The number of nitrogens with one attached hydrogen (secondary N) is 2. The number of halogens is 2. The van der Waals surface area contributed by atoms with Crippen LogP contribution < -0.4 is 10.6 Å². The van der Waals surface area contributed by atoms with E-state index >= 15 is 0 Å². The molecule has 1 aromatic rings. The number of benzene rings is 1. The minimum atomic E-state index is -1.49. The highest BCUT2D eigenvalue weighted by molar-refractivity contribution is 6.03. The van der Waals surface area contributed by atoms with E-state index in [4.69, 9.17) is 9.47 Å². The number of carbonyl (C=O) groups is 3. The summed E-state index contributed by atoms with van der Waals surface area (Å²) in [4.78, 5) is 37.1. The lowest BCUT2D eigenvalue weighted by Crippen LogP contribution is -2.48. The van der Waals surface area contributed by atoms with Gasteiger partial charge in [0.25, 0.3) is 0 Å². The second-order valence-electron chi connectivity index (χ2n) is 6.55. The Labute approximate surface area is 174 Å². The van der Waals surface area contributed by atoms with Crippen LogP contribution >= 0.6 is 0 Å². The Morgan fingerprint density at radius 1 is 1.13 bits per heavy atom. The van der Waals surface area contributed by atoms with E-state index in [1.165, 1.54) is 20.1 Å². The Bertz CT molecular complexity index is 786. The van der Waals surface area contributed by atoms with Gasteiger partial charge in [-0.3, -0.25) is 9.59 Å². The summed E-state index contributed by atoms with van der Waals surface area (Å²) in [5.41, 5.74) is -1.76. The molecule has 0 saturated heterocycles. The van der Waals surface area contributed by atoms with Gasteiger partial charge in [-0.15, -0.1) is 0 Å². The Kier molecular flexibility index (Phi) is 9.42. The molecule has 0 fully saturated rings. The molecule has 0 saturated carbocycles. The molecule has 0 bridgehead atoms. The zero-order chi connectivity index (χ0) is 22.9. The summed E-state index contributed by atoms with van der Waals surface area (Å²) in [7, 11) is 1.17. The number of hydrogen-bond donors (Lipinski definition) is 2. The average molecular weight is 426 g/mol. The summed E-state index contributed by atoms with van der Waals surface area (Å²) in [6.45, 7) is 6.45. The van der Waals surface area contributed by atoms with Gasteiger partial charge in [-0.05, 0) is 38.8 Å². The van der Waals surface area contributed by atoms with Gasteiger partial charge in [-0.2, -0.15) is 0 Å². The minimum Gasteiger partial charge on any atom is -0.468 e. The average Bonchev–Trinajstić information content (AvgIpc) is 2.69. The van der Waals surface area contributed by atoms with Gasteiger partial charge in [-0.25, -0.2) is 13.6 Å². The van der Waals surface area contributed by atoms with Crippen LogP contribution in [0.25, 0.3) is 0 Å². The van der Waals surface area contributed by atoms with Gasteiger partial charge in [-0.1, -0.05) is 19.9 Å². The van der Waals surface area contributed by atoms with Crippen LogP contribution in [0.1, 0.15) is 52.1 Å². The standard InChI is InChI=1S/C21H28F2N2O5/c1-6-21(7-2,20(28)29-5)19(27)25-16(12-17(26)30-8-3)24-13(4)18-14(22)10-9-11-15(18)23/h9-13,24H,6-8H2,1-5H3,(H,25,27)/t13-/m0/s1. The van der Waals surface area contributed by atoms with E-state index in [0.717, 1.165) is 18.2 Å². The second kappa shape index (κ2) is 11.3. The van der Waals surface area contributed by atoms with E-state index in [9.17, 15) is 23.2 Å². The van der Waals surface area contributed by atoms with Gasteiger partial charge in [0.1, 0.15) is 22.9 Å². The lowest BCUT2D eigenvalue weighted by atomic mass is 9.81. The molecule has 0 aromatic heterocycles. The highest BCUT2D eigenvalue weighted by atomic mass is 19.1. The van der Waals surface area contributed by atoms with Crippen LogP contribution in [0.4, 0.5) is 8.78 Å². The van der Waals surface area contributed by atoms with E-state index in [1.807, 2.05) is 0 Å². The number of hydrogen-bond acceptors (Lipinski definition) is 6.